The van der Waals surface area contributed by atoms with Crippen molar-refractivity contribution in [3.63, 3.8) is 0 Å². The predicted molar refractivity (Wildman–Crippen MR) is 150 cm³/mol. The first-order chi connectivity index (χ1) is 18.7. The molecule has 2 unspecified atom stereocenters. The first-order valence-electron chi connectivity index (χ1n) is 12.3. The molecule has 0 aliphatic heterocycles. The number of rotatable bonds is 10. The summed E-state index contributed by atoms with van der Waals surface area (Å²) in [7, 11) is -4.15. The van der Waals surface area contributed by atoms with Crippen molar-refractivity contribution in [2.75, 3.05) is 0 Å². The number of carbonyl (C=O) groups is 1. The molecule has 0 aliphatic rings. The van der Waals surface area contributed by atoms with Crippen LogP contribution in [0.2, 0.25) is 5.02 Å². The van der Waals surface area contributed by atoms with E-state index in [0.717, 1.165) is 16.7 Å². The second kappa shape index (κ2) is 12.3. The van der Waals surface area contributed by atoms with E-state index in [1.54, 1.807) is 54.3 Å². The molecule has 4 rings (SSSR count). The van der Waals surface area contributed by atoms with Gasteiger partial charge >= 0.3 is 0 Å². The summed E-state index contributed by atoms with van der Waals surface area (Å²) in [5.41, 5.74) is 3.62. The van der Waals surface area contributed by atoms with Crippen LogP contribution in [0.1, 0.15) is 36.2 Å². The standard InChI is InChI=1S/C29H28ClN5O3S/c1-20-7-3-12-26(30)28(20)39(37,38)34-27(15-21(2)35-14-6-11-25(35)17-31)29(36)33-18-22-8-4-9-23(16-22)24-10-5-13-32-19-24/h3-14,16,19,21,27,34H,15,18H2,1-2H3,(H,33,36). The number of nitrogens with zero attached hydrogens (tertiary/aromatic N) is 3. The first kappa shape index (κ1) is 28.0. The lowest BCUT2D eigenvalue weighted by atomic mass is 10.0. The Kier molecular flexibility index (Phi) is 8.82. The van der Waals surface area contributed by atoms with Crippen molar-refractivity contribution in [3.05, 3.63) is 107 Å². The molecule has 39 heavy (non-hydrogen) atoms. The molecule has 0 radical (unpaired) electrons. The van der Waals surface area contributed by atoms with Gasteiger partial charge in [0.05, 0.1) is 5.02 Å². The minimum absolute atomic E-state index is 0.0686. The van der Waals surface area contributed by atoms with Crippen LogP contribution in [0.15, 0.2) is 90.2 Å². The van der Waals surface area contributed by atoms with Crippen molar-refractivity contribution in [3.8, 4) is 17.2 Å². The number of nitriles is 1. The second-order valence-electron chi connectivity index (χ2n) is 9.22. The molecule has 2 N–H and O–H groups in total. The van der Waals surface area contributed by atoms with Crippen LogP contribution in [0.3, 0.4) is 0 Å². The maximum absolute atomic E-state index is 13.5. The number of hydrogen-bond acceptors (Lipinski definition) is 5. The smallest absolute Gasteiger partial charge is 0.243 e. The number of pyridine rings is 1. The summed E-state index contributed by atoms with van der Waals surface area (Å²) in [5, 5.41) is 12.4. The molecule has 0 spiro atoms. The fraction of sp³-hybridized carbons (Fsp3) is 0.207. The molecule has 2 atom stereocenters. The van der Waals surface area contributed by atoms with Crippen LogP contribution in [0.4, 0.5) is 0 Å². The van der Waals surface area contributed by atoms with Crippen LogP contribution in [-0.4, -0.2) is 29.9 Å². The summed E-state index contributed by atoms with van der Waals surface area (Å²) < 4.78 is 31.1. The van der Waals surface area contributed by atoms with Crippen molar-refractivity contribution in [2.45, 2.75) is 43.8 Å². The van der Waals surface area contributed by atoms with Crippen molar-refractivity contribution >= 4 is 27.5 Å². The molecule has 1 amide bonds. The fourth-order valence-electron chi connectivity index (χ4n) is 4.45. The van der Waals surface area contributed by atoms with Crippen molar-refractivity contribution in [1.82, 2.24) is 19.6 Å². The number of hydrogen-bond donors (Lipinski definition) is 2. The van der Waals surface area contributed by atoms with Gasteiger partial charge in [-0.2, -0.15) is 9.98 Å². The van der Waals surface area contributed by atoms with Crippen LogP contribution in [0.25, 0.3) is 11.1 Å². The van der Waals surface area contributed by atoms with Gasteiger partial charge in [0.2, 0.25) is 15.9 Å². The monoisotopic (exact) mass is 561 g/mol. The number of amides is 1. The molecule has 200 valence electrons. The zero-order valence-corrected chi connectivity index (χ0v) is 23.1. The summed E-state index contributed by atoms with van der Waals surface area (Å²) in [6.45, 7) is 3.66. The van der Waals surface area contributed by atoms with Gasteiger partial charge in [-0.1, -0.05) is 48.0 Å². The summed E-state index contributed by atoms with van der Waals surface area (Å²) in [4.78, 5) is 17.5. The summed E-state index contributed by atoms with van der Waals surface area (Å²) in [6, 6.07) is 20.3. The molecule has 8 nitrogen and oxygen atoms in total. The van der Waals surface area contributed by atoms with Gasteiger partial charge in [0.25, 0.3) is 0 Å². The van der Waals surface area contributed by atoms with E-state index < -0.39 is 22.0 Å². The quantitative estimate of drug-likeness (QED) is 0.283. The topological polar surface area (TPSA) is 117 Å². The van der Waals surface area contributed by atoms with E-state index in [0.29, 0.717) is 11.3 Å². The van der Waals surface area contributed by atoms with E-state index in [2.05, 4.69) is 21.1 Å². The third-order valence-electron chi connectivity index (χ3n) is 6.38. The van der Waals surface area contributed by atoms with Crippen molar-refractivity contribution < 1.29 is 13.2 Å². The Morgan fingerprint density at radius 1 is 1.10 bits per heavy atom. The van der Waals surface area contributed by atoms with E-state index in [4.69, 9.17) is 11.6 Å². The van der Waals surface area contributed by atoms with Gasteiger partial charge in [0, 0.05) is 31.2 Å². The Morgan fingerprint density at radius 3 is 2.59 bits per heavy atom. The van der Waals surface area contributed by atoms with Gasteiger partial charge in [-0.3, -0.25) is 9.78 Å². The highest BCUT2D eigenvalue weighted by atomic mass is 35.5. The summed E-state index contributed by atoms with van der Waals surface area (Å²) in [6.07, 6.45) is 5.30. The average Bonchev–Trinajstić information content (AvgIpc) is 3.41. The Bertz CT molecular complexity index is 1590. The van der Waals surface area contributed by atoms with E-state index in [1.165, 1.54) is 6.07 Å². The molecule has 2 aromatic carbocycles. The van der Waals surface area contributed by atoms with Crippen LogP contribution in [0.5, 0.6) is 0 Å². The maximum atomic E-state index is 13.5. The molecule has 0 saturated heterocycles. The lowest BCUT2D eigenvalue weighted by Gasteiger charge is -2.24. The lowest BCUT2D eigenvalue weighted by molar-refractivity contribution is -0.123. The third kappa shape index (κ3) is 6.73. The first-order valence-corrected chi connectivity index (χ1v) is 14.2. The van der Waals surface area contributed by atoms with Gasteiger partial charge in [-0.25, -0.2) is 8.42 Å². The van der Waals surface area contributed by atoms with E-state index in [-0.39, 0.29) is 28.9 Å². The third-order valence-corrected chi connectivity index (χ3v) is 8.48. The number of sulfonamides is 1. The van der Waals surface area contributed by atoms with Crippen molar-refractivity contribution in [1.29, 1.82) is 5.26 Å². The molecule has 2 aromatic heterocycles. The molecule has 0 bridgehead atoms. The normalized spacial score (nSPS) is 12.9. The van der Waals surface area contributed by atoms with Gasteiger partial charge in [0.1, 0.15) is 22.7 Å². The Balaban J connectivity index is 1.57. The molecule has 0 saturated carbocycles. The van der Waals surface area contributed by atoms with Gasteiger partial charge in [0.15, 0.2) is 0 Å². The maximum Gasteiger partial charge on any atom is 0.243 e. The largest absolute Gasteiger partial charge is 0.351 e. The van der Waals surface area contributed by atoms with Crippen LogP contribution in [0, 0.1) is 18.3 Å². The lowest BCUT2D eigenvalue weighted by Crippen LogP contribution is -2.47. The number of nitrogens with one attached hydrogen (secondary N) is 2. The van der Waals surface area contributed by atoms with Crippen LogP contribution >= 0.6 is 11.6 Å². The number of benzene rings is 2. The Hall–Kier alpha value is -3.97. The predicted octanol–water partition coefficient (Wildman–Crippen LogP) is 5.00. The van der Waals surface area contributed by atoms with E-state index in [1.807, 2.05) is 43.3 Å². The minimum Gasteiger partial charge on any atom is -0.351 e. The number of carbonyl (C=O) groups excluding carboxylic acids is 1. The van der Waals surface area contributed by atoms with Crippen molar-refractivity contribution in [2.24, 2.45) is 0 Å². The number of aromatic nitrogens is 2. The van der Waals surface area contributed by atoms with Crippen LogP contribution in [-0.2, 0) is 21.4 Å². The molecule has 10 heteroatoms. The van der Waals surface area contributed by atoms with E-state index in [9.17, 15) is 18.5 Å². The van der Waals surface area contributed by atoms with Gasteiger partial charge < -0.3 is 9.88 Å². The van der Waals surface area contributed by atoms with Gasteiger partial charge in [-0.15, -0.1) is 0 Å². The minimum atomic E-state index is -4.15. The number of halogens is 1. The second-order valence-corrected chi connectivity index (χ2v) is 11.3. The molecule has 0 fully saturated rings. The highest BCUT2D eigenvalue weighted by molar-refractivity contribution is 7.89. The van der Waals surface area contributed by atoms with Crippen LogP contribution < -0.4 is 10.0 Å². The fourth-order valence-corrected chi connectivity index (χ4v) is 6.48. The highest BCUT2D eigenvalue weighted by Crippen LogP contribution is 2.26. The molecule has 2 heterocycles. The van der Waals surface area contributed by atoms with Gasteiger partial charge in [-0.05, 0) is 72.9 Å². The average molecular weight is 562 g/mol. The molecular formula is C29H28ClN5O3S. The molecular weight excluding hydrogens is 534 g/mol. The Labute approximate surface area is 233 Å². The molecule has 0 aliphatic carbocycles. The SMILES string of the molecule is Cc1cccc(Cl)c1S(=O)(=O)NC(CC(C)n1cccc1C#N)C(=O)NCc1cccc(-c2cccnc2)c1. The highest BCUT2D eigenvalue weighted by Gasteiger charge is 2.30. The molecule has 4 aromatic rings. The van der Waals surface area contributed by atoms with E-state index >= 15 is 0 Å². The zero-order valence-electron chi connectivity index (χ0n) is 21.5. The Morgan fingerprint density at radius 2 is 1.87 bits per heavy atom. The summed E-state index contributed by atoms with van der Waals surface area (Å²) in [5.74, 6) is -0.493. The summed E-state index contributed by atoms with van der Waals surface area (Å²) >= 11 is 6.25. The number of aryl methyl sites for hydroxylation is 1. The zero-order chi connectivity index (χ0) is 28.0.